The van der Waals surface area contributed by atoms with Gasteiger partial charge in [-0.2, -0.15) is 0 Å². The zero-order valence-electron chi connectivity index (χ0n) is 10.7. The van der Waals surface area contributed by atoms with Crippen LogP contribution in [0.2, 0.25) is 0 Å². The summed E-state index contributed by atoms with van der Waals surface area (Å²) in [6.45, 7) is 3.06. The van der Waals surface area contributed by atoms with Crippen LogP contribution in [0.25, 0.3) is 0 Å². The van der Waals surface area contributed by atoms with Gasteiger partial charge in [-0.1, -0.05) is 35.7 Å². The molecular weight excluding hydrogens is 298 g/mol. The van der Waals surface area contributed by atoms with Crippen LogP contribution in [0.1, 0.15) is 45.4 Å². The average molecular weight is 322 g/mol. The van der Waals surface area contributed by atoms with E-state index in [1.54, 1.807) is 0 Å². The maximum atomic E-state index is 12.0. The molecule has 4 heteroatoms. The van der Waals surface area contributed by atoms with Crippen molar-refractivity contribution in [3.05, 3.63) is 0 Å². The average Bonchev–Trinajstić information content (AvgIpc) is 2.37. The predicted octanol–water partition coefficient (Wildman–Crippen LogP) is 3.59. The minimum Gasteiger partial charge on any atom is -0.355 e. The van der Waals surface area contributed by atoms with Crippen molar-refractivity contribution < 1.29 is 4.79 Å². The van der Waals surface area contributed by atoms with E-state index < -0.39 is 0 Å². The fraction of sp³-hybridized carbons (Fsp3) is 0.923. The Morgan fingerprint density at radius 3 is 2.88 bits per heavy atom. The highest BCUT2D eigenvalue weighted by atomic mass is 79.9. The molecule has 0 aromatic carbocycles. The second kappa shape index (κ2) is 9.26. The molecule has 1 heterocycles. The van der Waals surface area contributed by atoms with E-state index in [9.17, 15) is 4.79 Å². The van der Waals surface area contributed by atoms with E-state index in [0.29, 0.717) is 5.92 Å². The molecule has 2 atom stereocenters. The fourth-order valence-corrected chi connectivity index (χ4v) is 4.09. The summed E-state index contributed by atoms with van der Waals surface area (Å²) in [5, 5.41) is 4.39. The second-order valence-corrected chi connectivity index (χ2v) is 6.84. The number of halogens is 1. The lowest BCUT2D eigenvalue weighted by Crippen LogP contribution is -2.37. The largest absolute Gasteiger partial charge is 0.355 e. The van der Waals surface area contributed by atoms with Crippen LogP contribution >= 0.6 is 27.7 Å². The van der Waals surface area contributed by atoms with Crippen molar-refractivity contribution in [2.45, 2.75) is 50.7 Å². The Morgan fingerprint density at radius 1 is 1.47 bits per heavy atom. The molecule has 1 saturated heterocycles. The maximum absolute atomic E-state index is 12.0. The number of carbonyl (C=O) groups excluding carboxylic acids is 1. The number of nitrogens with one attached hydrogen (secondary N) is 1. The first-order chi connectivity index (χ1) is 8.27. The Bertz CT molecular complexity index is 213. The van der Waals surface area contributed by atoms with E-state index in [1.165, 1.54) is 25.7 Å². The minimum absolute atomic E-state index is 0.218. The number of hydrogen-bond acceptors (Lipinski definition) is 2. The van der Waals surface area contributed by atoms with Gasteiger partial charge in [-0.25, -0.2) is 0 Å². The van der Waals surface area contributed by atoms with Gasteiger partial charge in [-0.3, -0.25) is 4.79 Å². The summed E-state index contributed by atoms with van der Waals surface area (Å²) in [6.07, 6.45) is 7.12. The highest BCUT2D eigenvalue weighted by Crippen LogP contribution is 2.25. The maximum Gasteiger partial charge on any atom is 0.233 e. The third kappa shape index (κ3) is 6.14. The van der Waals surface area contributed by atoms with Crippen LogP contribution in [-0.4, -0.2) is 28.8 Å². The smallest absolute Gasteiger partial charge is 0.233 e. The first kappa shape index (κ1) is 15.4. The third-order valence-corrected chi connectivity index (χ3v) is 5.09. The molecule has 0 bridgehead atoms. The molecule has 0 spiro atoms. The molecule has 0 aromatic heterocycles. The highest BCUT2D eigenvalue weighted by molar-refractivity contribution is 9.09. The summed E-state index contributed by atoms with van der Waals surface area (Å²) >= 11 is 5.32. The molecular formula is C13H24BrNOS. The van der Waals surface area contributed by atoms with Gasteiger partial charge in [0.2, 0.25) is 5.91 Å². The van der Waals surface area contributed by atoms with E-state index in [1.807, 2.05) is 11.8 Å². The van der Waals surface area contributed by atoms with Crippen LogP contribution in [0.3, 0.4) is 0 Å². The van der Waals surface area contributed by atoms with E-state index in [2.05, 4.69) is 28.2 Å². The summed E-state index contributed by atoms with van der Waals surface area (Å²) in [4.78, 5) is 12.0. The fourth-order valence-electron chi connectivity index (χ4n) is 2.22. The topological polar surface area (TPSA) is 29.1 Å². The lowest BCUT2D eigenvalue weighted by Gasteiger charge is -2.22. The Hall–Kier alpha value is 0.300. The second-order valence-electron chi connectivity index (χ2n) is 4.73. The molecule has 0 aliphatic carbocycles. The summed E-state index contributed by atoms with van der Waals surface area (Å²) < 4.78 is 0. The van der Waals surface area contributed by atoms with Gasteiger partial charge >= 0.3 is 0 Å². The zero-order valence-corrected chi connectivity index (χ0v) is 13.1. The van der Waals surface area contributed by atoms with Crippen molar-refractivity contribution in [1.29, 1.82) is 0 Å². The number of hydrogen-bond donors (Lipinski definition) is 1. The third-order valence-electron chi connectivity index (χ3n) is 3.25. The number of carbonyl (C=O) groups is 1. The molecule has 17 heavy (non-hydrogen) atoms. The summed E-state index contributed by atoms with van der Waals surface area (Å²) in [7, 11) is 0. The molecule has 1 rings (SSSR count). The predicted molar refractivity (Wildman–Crippen MR) is 79.9 cm³/mol. The molecule has 2 unspecified atom stereocenters. The van der Waals surface area contributed by atoms with E-state index in [0.717, 1.165) is 30.5 Å². The molecule has 1 fully saturated rings. The molecule has 1 aliphatic rings. The summed E-state index contributed by atoms with van der Waals surface area (Å²) in [6, 6.07) is 0. The van der Waals surface area contributed by atoms with Gasteiger partial charge in [0.25, 0.3) is 0 Å². The highest BCUT2D eigenvalue weighted by Gasteiger charge is 2.21. The van der Waals surface area contributed by atoms with Crippen molar-refractivity contribution in [2.24, 2.45) is 5.92 Å². The normalized spacial score (nSPS) is 22.1. The number of rotatable bonds is 7. The molecule has 0 radical (unpaired) electrons. The molecule has 1 amide bonds. The van der Waals surface area contributed by atoms with Crippen molar-refractivity contribution >= 4 is 33.6 Å². The van der Waals surface area contributed by atoms with Gasteiger partial charge in [0.1, 0.15) is 0 Å². The summed E-state index contributed by atoms with van der Waals surface area (Å²) in [5.74, 6) is 2.06. The monoisotopic (exact) mass is 321 g/mol. The number of amides is 1. The first-order valence-corrected chi connectivity index (χ1v) is 8.90. The van der Waals surface area contributed by atoms with Crippen molar-refractivity contribution in [3.8, 4) is 0 Å². The molecule has 1 aliphatic heterocycles. The standard InChI is InChI=1S/C13H24BrNOS/c1-2-5-11(7-8-14)10-15-13(16)12-6-3-4-9-17-12/h11-12H,2-10H2,1H3,(H,15,16). The Labute approximate surface area is 118 Å². The molecule has 2 nitrogen and oxygen atoms in total. The Kier molecular flexibility index (Phi) is 8.36. The molecule has 100 valence electrons. The van der Waals surface area contributed by atoms with Crippen LogP contribution in [-0.2, 0) is 4.79 Å². The van der Waals surface area contributed by atoms with E-state index in [-0.39, 0.29) is 11.2 Å². The zero-order chi connectivity index (χ0) is 12.5. The van der Waals surface area contributed by atoms with Gasteiger partial charge in [0.15, 0.2) is 0 Å². The lowest BCUT2D eigenvalue weighted by atomic mass is 10.0. The van der Waals surface area contributed by atoms with Crippen LogP contribution in [0.5, 0.6) is 0 Å². The molecule has 0 aromatic rings. The summed E-state index contributed by atoms with van der Waals surface area (Å²) in [5.41, 5.74) is 0. The molecule has 0 saturated carbocycles. The van der Waals surface area contributed by atoms with Crippen LogP contribution in [0.4, 0.5) is 0 Å². The van der Waals surface area contributed by atoms with Crippen LogP contribution < -0.4 is 5.32 Å². The van der Waals surface area contributed by atoms with Crippen molar-refractivity contribution in [2.75, 3.05) is 17.6 Å². The minimum atomic E-state index is 0.218. The van der Waals surface area contributed by atoms with Crippen molar-refractivity contribution in [3.63, 3.8) is 0 Å². The van der Waals surface area contributed by atoms with Gasteiger partial charge in [-0.15, -0.1) is 11.8 Å². The number of thioether (sulfide) groups is 1. The van der Waals surface area contributed by atoms with Gasteiger partial charge in [0.05, 0.1) is 5.25 Å². The van der Waals surface area contributed by atoms with Crippen molar-refractivity contribution in [1.82, 2.24) is 5.32 Å². The van der Waals surface area contributed by atoms with Crippen LogP contribution in [0.15, 0.2) is 0 Å². The quantitative estimate of drug-likeness (QED) is 0.726. The van der Waals surface area contributed by atoms with Gasteiger partial charge in [0, 0.05) is 11.9 Å². The van der Waals surface area contributed by atoms with Gasteiger partial charge in [-0.05, 0) is 37.4 Å². The molecule has 1 N–H and O–H groups in total. The van der Waals surface area contributed by atoms with E-state index in [4.69, 9.17) is 0 Å². The Balaban J connectivity index is 2.24. The Morgan fingerprint density at radius 2 is 2.29 bits per heavy atom. The first-order valence-electron chi connectivity index (χ1n) is 6.73. The number of alkyl halides is 1. The van der Waals surface area contributed by atoms with E-state index >= 15 is 0 Å². The van der Waals surface area contributed by atoms with Gasteiger partial charge < -0.3 is 5.32 Å². The van der Waals surface area contributed by atoms with Crippen LogP contribution in [0, 0.1) is 5.92 Å². The lowest BCUT2D eigenvalue weighted by molar-refractivity contribution is -0.120. The SMILES string of the molecule is CCCC(CCBr)CNC(=O)C1CCCCS1.